The third-order valence-corrected chi connectivity index (χ3v) is 5.18. The van der Waals surface area contributed by atoms with Crippen molar-refractivity contribution in [2.45, 2.75) is 12.8 Å². The average Bonchev–Trinajstić information content (AvgIpc) is 3.64. The molecule has 2 heterocycles. The van der Waals surface area contributed by atoms with Crippen LogP contribution in [0.4, 0.5) is 0 Å². The Balaban J connectivity index is 0.000000152. The van der Waals surface area contributed by atoms with Crippen molar-refractivity contribution in [3.8, 4) is 0 Å². The van der Waals surface area contributed by atoms with Gasteiger partial charge in [0.2, 0.25) is 0 Å². The molecule has 0 fully saturated rings. The average molecular weight is 478 g/mol. The Morgan fingerprint density at radius 3 is 1.48 bits per heavy atom. The second kappa shape index (κ2) is 9.68. The summed E-state index contributed by atoms with van der Waals surface area (Å²) in [5.41, 5.74) is 4.47. The largest absolute Gasteiger partial charge is 0.276 e. The molecule has 2 aromatic carbocycles. The molecule has 0 amide bonds. The summed E-state index contributed by atoms with van der Waals surface area (Å²) in [7, 11) is 0. The fraction of sp³-hybridized carbons (Fsp3) is 0.0833. The van der Waals surface area contributed by atoms with Gasteiger partial charge >= 0.3 is 0 Å². The molecule has 0 radical (unpaired) electrons. The first-order valence-electron chi connectivity index (χ1n) is 10.1. The third-order valence-electron chi connectivity index (χ3n) is 5.18. The van der Waals surface area contributed by atoms with Gasteiger partial charge in [0, 0.05) is 28.2 Å². The van der Waals surface area contributed by atoms with Crippen molar-refractivity contribution in [2.24, 2.45) is 0 Å². The Hall–Kier alpha value is -3.94. The normalized spacial score (nSPS) is 13.9. The zero-order chi connectivity index (χ0) is 21.9. The van der Waals surface area contributed by atoms with E-state index < -0.39 is 0 Å². The minimum Gasteiger partial charge on any atom is -0.267 e. The molecular weight excluding hydrogens is 460 g/mol. The summed E-state index contributed by atoms with van der Waals surface area (Å²) in [6.07, 6.45) is 12.6. The number of benzene rings is 2. The maximum Gasteiger partial charge on any atom is 0.276 e. The number of aromatic nitrogens is 6. The van der Waals surface area contributed by atoms with Gasteiger partial charge in [0.1, 0.15) is 11.0 Å². The summed E-state index contributed by atoms with van der Waals surface area (Å²) in [6.45, 7) is 0. The van der Waals surface area contributed by atoms with Gasteiger partial charge in [-0.1, -0.05) is 71.1 Å². The third kappa shape index (κ3) is 4.37. The number of para-hydroxylation sites is 2. The van der Waals surface area contributed by atoms with Crippen LogP contribution in [0.15, 0.2) is 96.1 Å². The number of fused-ring (bicyclic) bond motifs is 2. The molecule has 0 saturated heterocycles. The van der Waals surface area contributed by atoms with Gasteiger partial charge in [-0.15, -0.1) is 10.2 Å². The van der Waals surface area contributed by atoms with Gasteiger partial charge in [-0.05, 0) is 37.1 Å². The molecule has 2 aliphatic carbocycles. The molecule has 9 heteroatoms. The quantitative estimate of drug-likeness (QED) is 0.406. The molecule has 0 bridgehead atoms. The van der Waals surface area contributed by atoms with Crippen LogP contribution in [0.25, 0.3) is 22.1 Å². The first kappa shape index (κ1) is 22.3. The number of nitrogens with zero attached hydrogens (tertiary/aromatic N) is 6. The van der Waals surface area contributed by atoms with Gasteiger partial charge in [0.25, 0.3) is 11.8 Å². The number of allylic oxidation sites excluding steroid dienone is 8. The summed E-state index contributed by atoms with van der Waals surface area (Å²) >= 11 is 0. The second-order valence-corrected chi connectivity index (χ2v) is 7.24. The predicted molar refractivity (Wildman–Crippen MR) is 120 cm³/mol. The maximum atomic E-state index is 12.1. The van der Waals surface area contributed by atoms with E-state index in [-0.39, 0.29) is 28.9 Å². The van der Waals surface area contributed by atoms with E-state index in [1.165, 1.54) is 9.36 Å². The number of carbonyl (C=O) groups is 2. The van der Waals surface area contributed by atoms with Crippen LogP contribution in [-0.2, 0) is 17.1 Å². The molecule has 0 N–H and O–H groups in total. The summed E-state index contributed by atoms with van der Waals surface area (Å²) in [5.74, 6) is -0.197. The second-order valence-electron chi connectivity index (χ2n) is 7.24. The van der Waals surface area contributed by atoms with Crippen LogP contribution in [0.1, 0.15) is 22.4 Å². The zero-order valence-corrected chi connectivity index (χ0v) is 18.5. The Bertz CT molecular complexity index is 1360. The van der Waals surface area contributed by atoms with Gasteiger partial charge in [-0.25, -0.2) is 0 Å². The van der Waals surface area contributed by atoms with Crippen molar-refractivity contribution in [2.75, 3.05) is 0 Å². The van der Waals surface area contributed by atoms with Gasteiger partial charge < -0.3 is 0 Å². The van der Waals surface area contributed by atoms with Gasteiger partial charge in [-0.2, -0.15) is 9.36 Å². The Labute approximate surface area is 199 Å². The maximum absolute atomic E-state index is 12.1. The molecule has 0 unspecified atom stereocenters. The molecule has 6 rings (SSSR count). The minimum absolute atomic E-state index is 0. The topological polar surface area (TPSA) is 95.6 Å². The molecule has 8 nitrogen and oxygen atoms in total. The summed E-state index contributed by atoms with van der Waals surface area (Å²) in [5, 5.41) is 15.7. The van der Waals surface area contributed by atoms with Crippen LogP contribution in [0.2, 0.25) is 0 Å². The van der Waals surface area contributed by atoms with E-state index in [4.69, 9.17) is 0 Å². The van der Waals surface area contributed by atoms with Crippen molar-refractivity contribution in [1.29, 1.82) is 0 Å². The van der Waals surface area contributed by atoms with E-state index in [2.05, 4.69) is 20.6 Å². The molecule has 2 aromatic heterocycles. The van der Waals surface area contributed by atoms with Crippen LogP contribution in [-0.4, -0.2) is 41.8 Å². The molecule has 0 saturated carbocycles. The standard InChI is InChI=1S/2C12H9N3O.Fe/c2*16-12(9-5-1-2-6-9)15-11-8-4-3-7-10(11)13-14-15;/h2*1-5,7-8H,6H2;. The predicted octanol–water partition coefficient (Wildman–Crippen LogP) is 3.91. The van der Waals surface area contributed by atoms with Crippen molar-refractivity contribution >= 4 is 33.9 Å². The van der Waals surface area contributed by atoms with Crippen LogP contribution in [0, 0.1) is 0 Å². The van der Waals surface area contributed by atoms with Crippen molar-refractivity contribution in [1.82, 2.24) is 30.0 Å². The Morgan fingerprint density at radius 2 is 1.09 bits per heavy atom. The van der Waals surface area contributed by atoms with Crippen molar-refractivity contribution in [3.05, 3.63) is 96.1 Å². The van der Waals surface area contributed by atoms with Crippen LogP contribution >= 0.6 is 0 Å². The SMILES string of the molecule is O=C(C1=CC=CC1)n1nnc2ccccc21.O=C(C1=CC=CC1)n1nnc2ccccc21.[Fe]. The monoisotopic (exact) mass is 478 g/mol. The Morgan fingerprint density at radius 1 is 0.667 bits per heavy atom. The van der Waals surface area contributed by atoms with E-state index in [1.807, 2.05) is 85.0 Å². The molecular formula is C24H18FeN6O2. The number of hydrogen-bond donors (Lipinski definition) is 0. The van der Waals surface area contributed by atoms with Gasteiger partial charge in [0.15, 0.2) is 0 Å². The van der Waals surface area contributed by atoms with E-state index in [0.717, 1.165) is 33.2 Å². The van der Waals surface area contributed by atoms with Crippen LogP contribution < -0.4 is 0 Å². The van der Waals surface area contributed by atoms with Gasteiger partial charge in [-0.3, -0.25) is 9.59 Å². The van der Waals surface area contributed by atoms with E-state index >= 15 is 0 Å². The molecule has 0 spiro atoms. The molecule has 2 aliphatic rings. The van der Waals surface area contributed by atoms with Crippen molar-refractivity contribution < 1.29 is 26.7 Å². The summed E-state index contributed by atoms with van der Waals surface area (Å²) < 4.78 is 2.71. The first-order valence-corrected chi connectivity index (χ1v) is 10.1. The molecule has 0 aliphatic heterocycles. The van der Waals surface area contributed by atoms with E-state index in [0.29, 0.717) is 12.8 Å². The minimum atomic E-state index is -0.0984. The Kier molecular flexibility index (Phi) is 6.53. The molecule has 0 atom stereocenters. The molecule has 33 heavy (non-hydrogen) atoms. The first-order chi connectivity index (χ1) is 15.7. The van der Waals surface area contributed by atoms with E-state index in [9.17, 15) is 9.59 Å². The summed E-state index contributed by atoms with van der Waals surface area (Å²) in [6, 6.07) is 14.9. The molecule has 164 valence electrons. The van der Waals surface area contributed by atoms with Gasteiger partial charge in [0.05, 0.1) is 11.0 Å². The van der Waals surface area contributed by atoms with Crippen LogP contribution in [0.3, 0.4) is 0 Å². The molecule has 4 aromatic rings. The number of rotatable bonds is 2. The number of carbonyl (C=O) groups excluding carboxylic acids is 2. The summed E-state index contributed by atoms with van der Waals surface area (Å²) in [4.78, 5) is 24.1. The zero-order valence-electron chi connectivity index (χ0n) is 17.4. The fourth-order valence-electron chi connectivity index (χ4n) is 3.52. The van der Waals surface area contributed by atoms with Crippen molar-refractivity contribution in [3.63, 3.8) is 0 Å². The fourth-order valence-corrected chi connectivity index (χ4v) is 3.52. The van der Waals surface area contributed by atoms with E-state index in [1.54, 1.807) is 0 Å². The number of hydrogen-bond acceptors (Lipinski definition) is 6. The van der Waals surface area contributed by atoms with Crippen LogP contribution in [0.5, 0.6) is 0 Å². The smallest absolute Gasteiger partial charge is 0.267 e.